The highest BCUT2D eigenvalue weighted by molar-refractivity contribution is 6.30. The van der Waals surface area contributed by atoms with E-state index in [-0.39, 0.29) is 5.91 Å². The molecular formula is C19H21ClN2O. The molecule has 1 heterocycles. The molecule has 3 rings (SSSR count). The summed E-state index contributed by atoms with van der Waals surface area (Å²) in [4.78, 5) is 17.0. The second-order valence-corrected chi connectivity index (χ2v) is 6.50. The van der Waals surface area contributed by atoms with Crippen LogP contribution in [0.15, 0.2) is 54.6 Å². The van der Waals surface area contributed by atoms with Gasteiger partial charge in [-0.25, -0.2) is 0 Å². The normalized spacial score (nSPS) is 18.9. The highest BCUT2D eigenvalue weighted by atomic mass is 35.5. The van der Waals surface area contributed by atoms with E-state index in [0.29, 0.717) is 16.6 Å². The summed E-state index contributed by atoms with van der Waals surface area (Å²) >= 11 is 5.99. The molecule has 0 spiro atoms. The number of hydrogen-bond acceptors (Lipinski definition) is 2. The van der Waals surface area contributed by atoms with E-state index in [1.165, 1.54) is 5.56 Å². The van der Waals surface area contributed by atoms with Crippen molar-refractivity contribution < 1.29 is 4.79 Å². The molecule has 1 aliphatic heterocycles. The minimum absolute atomic E-state index is 0.0683. The standard InChI is InChI=1S/C19H21ClN2O/c1-15-13-22(19(23)17-8-5-9-18(20)12-17)11-10-21(15)14-16-6-3-2-4-7-16/h2-9,12,15H,10-11,13-14H2,1H3. The molecule has 0 saturated carbocycles. The Bertz CT molecular complexity index is 674. The number of rotatable bonds is 3. The van der Waals surface area contributed by atoms with Crippen molar-refractivity contribution in [2.24, 2.45) is 0 Å². The van der Waals surface area contributed by atoms with Crippen molar-refractivity contribution in [2.45, 2.75) is 19.5 Å². The highest BCUT2D eigenvalue weighted by Crippen LogP contribution is 2.18. The minimum Gasteiger partial charge on any atom is -0.336 e. The summed E-state index contributed by atoms with van der Waals surface area (Å²) in [6.07, 6.45) is 0. The maximum Gasteiger partial charge on any atom is 0.254 e. The van der Waals surface area contributed by atoms with Crippen LogP contribution in [0.2, 0.25) is 5.02 Å². The Morgan fingerprint density at radius 2 is 1.91 bits per heavy atom. The third-order valence-corrected chi connectivity index (χ3v) is 4.59. The molecule has 0 radical (unpaired) electrons. The molecular weight excluding hydrogens is 308 g/mol. The molecule has 0 bridgehead atoms. The van der Waals surface area contributed by atoms with Crippen LogP contribution in [0.25, 0.3) is 0 Å². The molecule has 4 heteroatoms. The maximum absolute atomic E-state index is 12.6. The van der Waals surface area contributed by atoms with Crippen molar-refractivity contribution >= 4 is 17.5 Å². The van der Waals surface area contributed by atoms with Gasteiger partial charge in [0.15, 0.2) is 0 Å². The zero-order valence-electron chi connectivity index (χ0n) is 13.3. The van der Waals surface area contributed by atoms with Gasteiger partial charge in [0.1, 0.15) is 0 Å². The fraction of sp³-hybridized carbons (Fsp3) is 0.316. The Labute approximate surface area is 142 Å². The van der Waals surface area contributed by atoms with Crippen molar-refractivity contribution in [1.82, 2.24) is 9.80 Å². The van der Waals surface area contributed by atoms with Crippen LogP contribution >= 0.6 is 11.6 Å². The van der Waals surface area contributed by atoms with E-state index < -0.39 is 0 Å². The first-order chi connectivity index (χ1) is 11.1. The summed E-state index contributed by atoms with van der Waals surface area (Å²) in [6, 6.07) is 18.0. The fourth-order valence-electron chi connectivity index (χ4n) is 3.04. The van der Waals surface area contributed by atoms with Gasteiger partial charge in [0.05, 0.1) is 0 Å². The van der Waals surface area contributed by atoms with Gasteiger partial charge in [-0.3, -0.25) is 9.69 Å². The first-order valence-corrected chi connectivity index (χ1v) is 8.34. The number of carbonyl (C=O) groups is 1. The maximum atomic E-state index is 12.6. The summed E-state index contributed by atoms with van der Waals surface area (Å²) in [6.45, 7) is 5.50. The van der Waals surface area contributed by atoms with E-state index in [1.807, 2.05) is 23.1 Å². The van der Waals surface area contributed by atoms with Crippen molar-refractivity contribution in [1.29, 1.82) is 0 Å². The molecule has 1 saturated heterocycles. The zero-order valence-corrected chi connectivity index (χ0v) is 14.0. The van der Waals surface area contributed by atoms with Crippen LogP contribution in [-0.2, 0) is 6.54 Å². The summed E-state index contributed by atoms with van der Waals surface area (Å²) in [5.41, 5.74) is 1.98. The second-order valence-electron chi connectivity index (χ2n) is 6.07. The SMILES string of the molecule is CC1CN(C(=O)c2cccc(Cl)c2)CCN1Cc1ccccc1. The number of piperazine rings is 1. The van der Waals surface area contributed by atoms with Crippen LogP contribution in [0.3, 0.4) is 0 Å². The van der Waals surface area contributed by atoms with Gasteiger partial charge in [-0.1, -0.05) is 48.0 Å². The van der Waals surface area contributed by atoms with Gasteiger partial charge in [-0.15, -0.1) is 0 Å². The number of hydrogen-bond donors (Lipinski definition) is 0. The van der Waals surface area contributed by atoms with Gasteiger partial charge in [0.2, 0.25) is 0 Å². The Kier molecular flexibility index (Phi) is 4.99. The third kappa shape index (κ3) is 3.92. The lowest BCUT2D eigenvalue weighted by atomic mass is 10.1. The van der Waals surface area contributed by atoms with E-state index in [9.17, 15) is 4.79 Å². The molecule has 3 nitrogen and oxygen atoms in total. The van der Waals surface area contributed by atoms with Crippen LogP contribution in [0.1, 0.15) is 22.8 Å². The van der Waals surface area contributed by atoms with Crippen LogP contribution in [-0.4, -0.2) is 41.4 Å². The van der Waals surface area contributed by atoms with Gasteiger partial charge < -0.3 is 4.90 Å². The Balaban J connectivity index is 1.63. The van der Waals surface area contributed by atoms with Crippen LogP contribution in [0.4, 0.5) is 0 Å². The van der Waals surface area contributed by atoms with Crippen LogP contribution < -0.4 is 0 Å². The van der Waals surface area contributed by atoms with E-state index in [0.717, 1.165) is 26.2 Å². The molecule has 0 N–H and O–H groups in total. The monoisotopic (exact) mass is 328 g/mol. The predicted octanol–water partition coefficient (Wildman–Crippen LogP) is 3.69. The molecule has 2 aromatic rings. The largest absolute Gasteiger partial charge is 0.336 e. The Hall–Kier alpha value is -1.84. The van der Waals surface area contributed by atoms with Crippen molar-refractivity contribution in [3.63, 3.8) is 0 Å². The van der Waals surface area contributed by atoms with E-state index in [1.54, 1.807) is 12.1 Å². The van der Waals surface area contributed by atoms with Gasteiger partial charge in [0, 0.05) is 42.8 Å². The summed E-state index contributed by atoms with van der Waals surface area (Å²) in [5.74, 6) is 0.0683. The second kappa shape index (κ2) is 7.16. The lowest BCUT2D eigenvalue weighted by Gasteiger charge is -2.40. The minimum atomic E-state index is 0.0683. The van der Waals surface area contributed by atoms with Gasteiger partial charge in [0.25, 0.3) is 5.91 Å². The Morgan fingerprint density at radius 1 is 1.13 bits per heavy atom. The van der Waals surface area contributed by atoms with Gasteiger partial charge in [-0.05, 0) is 30.7 Å². The summed E-state index contributed by atoms with van der Waals surface area (Å²) in [5, 5.41) is 0.603. The van der Waals surface area contributed by atoms with Gasteiger partial charge in [-0.2, -0.15) is 0 Å². The van der Waals surface area contributed by atoms with Crippen molar-refractivity contribution in [2.75, 3.05) is 19.6 Å². The summed E-state index contributed by atoms with van der Waals surface area (Å²) in [7, 11) is 0. The fourth-order valence-corrected chi connectivity index (χ4v) is 3.23. The quantitative estimate of drug-likeness (QED) is 0.858. The number of carbonyl (C=O) groups excluding carboxylic acids is 1. The van der Waals surface area contributed by atoms with Crippen LogP contribution in [0.5, 0.6) is 0 Å². The predicted molar refractivity (Wildman–Crippen MR) is 93.7 cm³/mol. The number of nitrogens with zero attached hydrogens (tertiary/aromatic N) is 2. The molecule has 23 heavy (non-hydrogen) atoms. The zero-order chi connectivity index (χ0) is 16.2. The highest BCUT2D eigenvalue weighted by Gasteiger charge is 2.27. The first-order valence-electron chi connectivity index (χ1n) is 7.96. The van der Waals surface area contributed by atoms with Crippen molar-refractivity contribution in [3.8, 4) is 0 Å². The van der Waals surface area contributed by atoms with Crippen LogP contribution in [0, 0.1) is 0 Å². The number of halogens is 1. The Morgan fingerprint density at radius 3 is 2.61 bits per heavy atom. The van der Waals surface area contributed by atoms with E-state index >= 15 is 0 Å². The molecule has 1 unspecified atom stereocenters. The topological polar surface area (TPSA) is 23.6 Å². The third-order valence-electron chi connectivity index (χ3n) is 4.35. The lowest BCUT2D eigenvalue weighted by molar-refractivity contribution is 0.0495. The van der Waals surface area contributed by atoms with Crippen molar-refractivity contribution in [3.05, 3.63) is 70.7 Å². The molecule has 0 aromatic heterocycles. The molecule has 1 aliphatic rings. The molecule has 0 aliphatic carbocycles. The average molecular weight is 329 g/mol. The van der Waals surface area contributed by atoms with E-state index in [2.05, 4.69) is 36.1 Å². The van der Waals surface area contributed by atoms with E-state index in [4.69, 9.17) is 11.6 Å². The summed E-state index contributed by atoms with van der Waals surface area (Å²) < 4.78 is 0. The molecule has 2 aromatic carbocycles. The first kappa shape index (κ1) is 16.0. The average Bonchev–Trinajstić information content (AvgIpc) is 2.57. The number of benzene rings is 2. The molecule has 1 amide bonds. The molecule has 120 valence electrons. The van der Waals surface area contributed by atoms with Gasteiger partial charge >= 0.3 is 0 Å². The number of amides is 1. The smallest absolute Gasteiger partial charge is 0.254 e. The lowest BCUT2D eigenvalue weighted by Crippen LogP contribution is -2.53. The molecule has 1 atom stereocenters. The molecule has 1 fully saturated rings.